The molecule has 61 heavy (non-hydrogen) atoms. The molecule has 1 aromatic heterocycles. The molecule has 0 amide bonds. The molecule has 0 saturated heterocycles. The van der Waals surface area contributed by atoms with Crippen molar-refractivity contribution in [2.75, 3.05) is 11.9 Å². The van der Waals surface area contributed by atoms with Crippen LogP contribution < -0.4 is 4.90 Å². The summed E-state index contributed by atoms with van der Waals surface area (Å²) in [4.78, 5) is 2.23. The molecule has 0 N–H and O–H groups in total. The van der Waals surface area contributed by atoms with Crippen LogP contribution in [0.15, 0.2) is 235 Å². The highest BCUT2D eigenvalue weighted by Crippen LogP contribution is 2.45. The van der Waals surface area contributed by atoms with Crippen LogP contribution in [0.25, 0.3) is 49.8 Å². The molecule has 1 heterocycles. The maximum absolute atomic E-state index is 6.09. The van der Waals surface area contributed by atoms with Gasteiger partial charge in [-0.25, -0.2) is 0 Å². The van der Waals surface area contributed by atoms with Crippen molar-refractivity contribution in [3.8, 4) is 22.3 Å². The highest BCUT2D eigenvalue weighted by atomic mass is 16.3. The molecule has 0 spiro atoms. The third-order valence-electron chi connectivity index (χ3n) is 11.9. The average molecular weight is 792 g/mol. The van der Waals surface area contributed by atoms with E-state index in [1.165, 1.54) is 61.5 Å². The number of benzene rings is 7. The van der Waals surface area contributed by atoms with Crippen LogP contribution >= 0.6 is 0 Å². The van der Waals surface area contributed by atoms with Crippen LogP contribution in [0, 0.1) is 0 Å². The molecule has 2 nitrogen and oxygen atoms in total. The van der Waals surface area contributed by atoms with E-state index in [1.807, 2.05) is 18.2 Å². The zero-order chi connectivity index (χ0) is 42.0. The maximum Gasteiger partial charge on any atom is 0.135 e. The van der Waals surface area contributed by atoms with Gasteiger partial charge in [-0.1, -0.05) is 176 Å². The molecule has 0 saturated carbocycles. The van der Waals surface area contributed by atoms with Gasteiger partial charge in [0.15, 0.2) is 0 Å². The number of fused-ring (bicyclic) bond motifs is 3. The van der Waals surface area contributed by atoms with Crippen molar-refractivity contribution in [3.05, 3.63) is 247 Å². The first-order valence-electron chi connectivity index (χ1n) is 21.3. The van der Waals surface area contributed by atoms with Gasteiger partial charge >= 0.3 is 0 Å². The lowest BCUT2D eigenvalue weighted by atomic mass is 9.68. The van der Waals surface area contributed by atoms with Gasteiger partial charge < -0.3 is 9.32 Å². The van der Waals surface area contributed by atoms with E-state index in [4.69, 9.17) is 4.42 Å². The van der Waals surface area contributed by atoms with Gasteiger partial charge in [-0.05, 0) is 126 Å². The SMILES string of the molecule is C=CCC=C/C(=C\C)C(C)(c1ccccc1)c1ccccc1-c1ccc2oc3ccccc3c2c1.CN(c1ccc(C2=CCCC=C2)cc1)c1ccc(-c2ccccc2)cc1. The molecule has 0 aliphatic heterocycles. The second kappa shape index (κ2) is 18.8. The van der Waals surface area contributed by atoms with Gasteiger partial charge in [-0.3, -0.25) is 0 Å². The zero-order valence-corrected chi connectivity index (χ0v) is 35.5. The van der Waals surface area contributed by atoms with Crippen LogP contribution in [-0.4, -0.2) is 7.05 Å². The van der Waals surface area contributed by atoms with Crippen LogP contribution in [-0.2, 0) is 5.41 Å². The summed E-state index contributed by atoms with van der Waals surface area (Å²) in [5, 5.41) is 2.29. The molecule has 2 heteroatoms. The summed E-state index contributed by atoms with van der Waals surface area (Å²) in [7, 11) is 2.12. The minimum atomic E-state index is -0.336. The quantitative estimate of drug-likeness (QED) is 0.0958. The zero-order valence-electron chi connectivity index (χ0n) is 35.5. The van der Waals surface area contributed by atoms with Crippen LogP contribution in [0.1, 0.15) is 49.8 Å². The Morgan fingerprint density at radius 1 is 0.639 bits per heavy atom. The summed E-state index contributed by atoms with van der Waals surface area (Å²) in [5.74, 6) is 0. The van der Waals surface area contributed by atoms with E-state index < -0.39 is 0 Å². The fourth-order valence-electron chi connectivity index (χ4n) is 8.52. The standard InChI is InChI=1S/C34H30O.C25H23N/c1-4-6-8-15-26(5-2)34(3,27-16-9-7-10-17-27)31-20-13-11-18-28(31)25-22-23-33-30(24-25)29-19-12-14-21-32(29)35-33;1-26(24-16-12-22(13-17-24)20-8-4-2-5-9-20)25-18-14-23(15-19-25)21-10-6-3-7-11-21/h4-5,7-24H,1,6H2,2-3H3;2,4-6,8-19H,3,7H2,1H3/b15-8?,26-5+;. The topological polar surface area (TPSA) is 16.4 Å². The van der Waals surface area contributed by atoms with Crippen molar-refractivity contribution >= 4 is 38.9 Å². The van der Waals surface area contributed by atoms with E-state index in [0.29, 0.717) is 0 Å². The van der Waals surface area contributed by atoms with Gasteiger partial charge in [0.25, 0.3) is 0 Å². The molecule has 8 aromatic rings. The van der Waals surface area contributed by atoms with E-state index >= 15 is 0 Å². The van der Waals surface area contributed by atoms with E-state index in [1.54, 1.807) is 0 Å². The number of rotatable bonds is 11. The van der Waals surface area contributed by atoms with E-state index in [-0.39, 0.29) is 5.41 Å². The summed E-state index contributed by atoms with van der Waals surface area (Å²) in [6, 6.07) is 62.4. The normalized spacial score (nSPS) is 13.7. The Labute approximate surface area is 361 Å². The van der Waals surface area contributed by atoms with Gasteiger partial charge in [0, 0.05) is 34.6 Å². The average Bonchev–Trinajstić information content (AvgIpc) is 3.72. The minimum Gasteiger partial charge on any atom is -0.456 e. The molecular weight excluding hydrogens is 739 g/mol. The number of nitrogens with zero attached hydrogens (tertiary/aromatic N) is 1. The fraction of sp³-hybridized carbons (Fsp3) is 0.119. The molecule has 300 valence electrons. The summed E-state index contributed by atoms with van der Waals surface area (Å²) in [6.45, 7) is 8.34. The van der Waals surface area contributed by atoms with Crippen molar-refractivity contribution in [2.24, 2.45) is 0 Å². The summed E-state index contributed by atoms with van der Waals surface area (Å²) in [6.07, 6.45) is 18.5. The third kappa shape index (κ3) is 8.76. The maximum atomic E-state index is 6.09. The predicted molar refractivity (Wildman–Crippen MR) is 262 cm³/mol. The third-order valence-corrected chi connectivity index (χ3v) is 11.9. The van der Waals surface area contributed by atoms with Gasteiger partial charge in [0.05, 0.1) is 0 Å². The molecule has 0 bridgehead atoms. The monoisotopic (exact) mass is 791 g/mol. The highest BCUT2D eigenvalue weighted by Gasteiger charge is 2.34. The highest BCUT2D eigenvalue weighted by molar-refractivity contribution is 6.06. The molecule has 0 radical (unpaired) electrons. The number of para-hydroxylation sites is 1. The second-order valence-electron chi connectivity index (χ2n) is 15.7. The molecular formula is C59H53NO. The van der Waals surface area contributed by atoms with Crippen molar-refractivity contribution in [1.82, 2.24) is 0 Å². The van der Waals surface area contributed by atoms with Crippen molar-refractivity contribution in [2.45, 2.75) is 38.5 Å². The summed E-state index contributed by atoms with van der Waals surface area (Å²) >= 11 is 0. The number of furan rings is 1. The van der Waals surface area contributed by atoms with Gasteiger partial charge in [0.2, 0.25) is 0 Å². The van der Waals surface area contributed by atoms with Gasteiger partial charge in [0.1, 0.15) is 11.2 Å². The fourth-order valence-corrected chi connectivity index (χ4v) is 8.52. The van der Waals surface area contributed by atoms with Crippen molar-refractivity contribution in [3.63, 3.8) is 0 Å². The summed E-state index contributed by atoms with van der Waals surface area (Å²) in [5.41, 5.74) is 15.2. The smallest absolute Gasteiger partial charge is 0.135 e. The first kappa shape index (κ1) is 40.6. The number of anilines is 2. The Hall–Kier alpha value is -7.16. The molecule has 9 rings (SSSR count). The number of hydrogen-bond acceptors (Lipinski definition) is 2. The van der Waals surface area contributed by atoms with Crippen LogP contribution in [0.2, 0.25) is 0 Å². The largest absolute Gasteiger partial charge is 0.456 e. The second-order valence-corrected chi connectivity index (χ2v) is 15.7. The molecule has 7 aromatic carbocycles. The molecule has 1 aliphatic rings. The molecule has 1 unspecified atom stereocenters. The van der Waals surface area contributed by atoms with Crippen LogP contribution in [0.5, 0.6) is 0 Å². The minimum absolute atomic E-state index is 0.336. The Balaban J connectivity index is 0.000000176. The first-order valence-corrected chi connectivity index (χ1v) is 21.3. The molecule has 1 aliphatic carbocycles. The Morgan fingerprint density at radius 2 is 1.25 bits per heavy atom. The Kier molecular flexibility index (Phi) is 12.5. The van der Waals surface area contributed by atoms with E-state index in [9.17, 15) is 0 Å². The van der Waals surface area contributed by atoms with Gasteiger partial charge in [-0.15, -0.1) is 6.58 Å². The summed E-state index contributed by atoms with van der Waals surface area (Å²) < 4.78 is 6.09. The lowest BCUT2D eigenvalue weighted by Gasteiger charge is -2.35. The molecule has 0 fully saturated rings. The Bertz CT molecular complexity index is 2850. The Morgan fingerprint density at radius 3 is 1.93 bits per heavy atom. The number of hydrogen-bond donors (Lipinski definition) is 0. The first-order chi connectivity index (χ1) is 30.0. The lowest BCUT2D eigenvalue weighted by molar-refractivity contribution is 0.669. The van der Waals surface area contributed by atoms with Gasteiger partial charge in [-0.2, -0.15) is 0 Å². The van der Waals surface area contributed by atoms with E-state index in [2.05, 4.69) is 233 Å². The molecule has 1 atom stereocenters. The van der Waals surface area contributed by atoms with Crippen LogP contribution in [0.4, 0.5) is 11.4 Å². The number of allylic oxidation sites excluding steroid dienone is 9. The van der Waals surface area contributed by atoms with Crippen LogP contribution in [0.3, 0.4) is 0 Å². The van der Waals surface area contributed by atoms with E-state index in [0.717, 1.165) is 41.2 Å². The predicted octanol–water partition coefficient (Wildman–Crippen LogP) is 16.5. The van der Waals surface area contributed by atoms with Crippen molar-refractivity contribution < 1.29 is 4.42 Å². The van der Waals surface area contributed by atoms with Crippen molar-refractivity contribution in [1.29, 1.82) is 0 Å². The lowest BCUT2D eigenvalue weighted by Crippen LogP contribution is -2.26.